The molecule has 7 heteroatoms. The van der Waals surface area contributed by atoms with E-state index in [1.165, 1.54) is 48.4 Å². The number of hydrogen-bond donors (Lipinski definition) is 0. The van der Waals surface area contributed by atoms with Gasteiger partial charge in [0.2, 0.25) is 0 Å². The van der Waals surface area contributed by atoms with Crippen molar-refractivity contribution >= 4 is 17.8 Å². The largest absolute Gasteiger partial charge is 0.493 e. The maximum Gasteiger partial charge on any atom is 0.343 e. The average molecular weight is 378 g/mol. The predicted molar refractivity (Wildman–Crippen MR) is 99.4 cm³/mol. The number of methoxy groups -OCH3 is 1. The molecule has 0 atom stereocenters. The van der Waals surface area contributed by atoms with Crippen LogP contribution in [-0.2, 0) is 0 Å². The van der Waals surface area contributed by atoms with Gasteiger partial charge in [-0.25, -0.2) is 4.79 Å². The normalized spacial score (nSPS) is 12.5. The van der Waals surface area contributed by atoms with Crippen molar-refractivity contribution in [1.29, 1.82) is 5.26 Å². The van der Waals surface area contributed by atoms with E-state index in [4.69, 9.17) is 14.7 Å². The van der Waals surface area contributed by atoms with Gasteiger partial charge in [-0.2, -0.15) is 5.26 Å². The number of nitriles is 1. The fourth-order valence-corrected chi connectivity index (χ4v) is 2.92. The number of hydrogen-bond acceptors (Lipinski definition) is 6. The summed E-state index contributed by atoms with van der Waals surface area (Å²) in [6, 6.07) is 10.7. The summed E-state index contributed by atoms with van der Waals surface area (Å²) in [6.45, 7) is 2.33. The van der Waals surface area contributed by atoms with Crippen LogP contribution < -0.4 is 9.47 Å². The van der Waals surface area contributed by atoms with Crippen molar-refractivity contribution in [2.75, 3.05) is 13.7 Å². The number of carbonyl (C=O) groups is 3. The van der Waals surface area contributed by atoms with Crippen molar-refractivity contribution in [3.8, 4) is 17.6 Å². The second-order valence-corrected chi connectivity index (χ2v) is 6.24. The summed E-state index contributed by atoms with van der Waals surface area (Å²) in [5.41, 5.74) is 0.991. The van der Waals surface area contributed by atoms with Gasteiger partial charge in [0.15, 0.2) is 11.5 Å². The van der Waals surface area contributed by atoms with E-state index < -0.39 is 11.9 Å². The van der Waals surface area contributed by atoms with Crippen molar-refractivity contribution in [2.45, 2.75) is 19.8 Å². The number of carbonyl (C=O) groups excluding carboxylic acids is 3. The van der Waals surface area contributed by atoms with Gasteiger partial charge >= 0.3 is 5.97 Å². The summed E-state index contributed by atoms with van der Waals surface area (Å²) in [6.07, 6.45) is 1.58. The zero-order chi connectivity index (χ0) is 20.3. The van der Waals surface area contributed by atoms with Gasteiger partial charge in [0.25, 0.3) is 11.8 Å². The lowest BCUT2D eigenvalue weighted by molar-refractivity contribution is 0.0651. The minimum absolute atomic E-state index is 0.142. The molecule has 0 bridgehead atoms. The third-order valence-electron chi connectivity index (χ3n) is 4.44. The molecule has 2 aromatic carbocycles. The third kappa shape index (κ3) is 3.45. The number of esters is 1. The van der Waals surface area contributed by atoms with Crippen LogP contribution in [0.2, 0.25) is 0 Å². The van der Waals surface area contributed by atoms with Gasteiger partial charge in [-0.3, -0.25) is 14.5 Å². The van der Waals surface area contributed by atoms with Crippen LogP contribution in [-0.4, -0.2) is 36.3 Å². The van der Waals surface area contributed by atoms with Crippen LogP contribution >= 0.6 is 0 Å². The van der Waals surface area contributed by atoms with Gasteiger partial charge in [0, 0.05) is 12.6 Å². The molecule has 28 heavy (non-hydrogen) atoms. The van der Waals surface area contributed by atoms with E-state index in [9.17, 15) is 14.4 Å². The number of imide groups is 1. The average Bonchev–Trinajstić information content (AvgIpc) is 2.96. The zero-order valence-electron chi connectivity index (χ0n) is 15.5. The summed E-state index contributed by atoms with van der Waals surface area (Å²) in [7, 11) is 1.40. The number of ether oxygens (including phenoxy) is 2. The molecule has 0 N–H and O–H groups in total. The SMILES string of the molecule is CCCCN1C(=O)c2ccc(C(=O)Oc3ccc(C#N)cc3OC)cc2C1=O. The van der Waals surface area contributed by atoms with E-state index in [2.05, 4.69) is 0 Å². The minimum Gasteiger partial charge on any atom is -0.493 e. The highest BCUT2D eigenvalue weighted by atomic mass is 16.6. The first kappa shape index (κ1) is 19.1. The Balaban J connectivity index is 1.84. The first-order valence-corrected chi connectivity index (χ1v) is 8.80. The van der Waals surface area contributed by atoms with Crippen molar-refractivity contribution in [3.05, 3.63) is 58.7 Å². The van der Waals surface area contributed by atoms with E-state index in [0.717, 1.165) is 12.8 Å². The Labute approximate surface area is 162 Å². The third-order valence-corrected chi connectivity index (χ3v) is 4.44. The van der Waals surface area contributed by atoms with Crippen molar-refractivity contribution in [2.24, 2.45) is 0 Å². The first-order chi connectivity index (χ1) is 13.5. The van der Waals surface area contributed by atoms with Crippen LogP contribution in [0.25, 0.3) is 0 Å². The molecular formula is C21H18N2O5. The quantitative estimate of drug-likeness (QED) is 0.435. The number of nitrogens with zero attached hydrogens (tertiary/aromatic N) is 2. The first-order valence-electron chi connectivity index (χ1n) is 8.80. The molecule has 2 aromatic rings. The molecule has 0 unspecified atom stereocenters. The fraction of sp³-hybridized carbons (Fsp3) is 0.238. The van der Waals surface area contributed by atoms with Gasteiger partial charge in [-0.05, 0) is 36.8 Å². The Hall–Kier alpha value is -3.66. The fourth-order valence-electron chi connectivity index (χ4n) is 2.92. The van der Waals surface area contributed by atoms with Crippen molar-refractivity contribution < 1.29 is 23.9 Å². The smallest absolute Gasteiger partial charge is 0.343 e. The van der Waals surface area contributed by atoms with E-state index in [1.54, 1.807) is 0 Å². The van der Waals surface area contributed by atoms with E-state index in [0.29, 0.717) is 12.1 Å². The molecule has 2 amide bonds. The summed E-state index contributed by atoms with van der Waals surface area (Å²) in [5, 5.41) is 8.94. The number of benzene rings is 2. The van der Waals surface area contributed by atoms with Crippen LogP contribution in [0.15, 0.2) is 36.4 Å². The lowest BCUT2D eigenvalue weighted by Gasteiger charge is -2.12. The minimum atomic E-state index is -0.696. The van der Waals surface area contributed by atoms with E-state index in [-0.39, 0.29) is 34.1 Å². The standard InChI is InChI=1S/C21H18N2O5/c1-3-4-9-23-19(24)15-7-6-14(11-16(15)20(23)25)21(26)28-17-8-5-13(12-22)10-18(17)27-2/h5-8,10-11H,3-4,9H2,1-2H3. The van der Waals surface area contributed by atoms with Crippen LogP contribution in [0.3, 0.4) is 0 Å². The number of unbranched alkanes of at least 4 members (excludes halogenated alkanes) is 1. The molecule has 3 rings (SSSR count). The lowest BCUT2D eigenvalue weighted by atomic mass is 10.1. The van der Waals surface area contributed by atoms with Crippen molar-refractivity contribution in [1.82, 2.24) is 4.90 Å². The summed E-state index contributed by atoms with van der Waals surface area (Å²) >= 11 is 0. The maximum atomic E-state index is 12.5. The summed E-state index contributed by atoms with van der Waals surface area (Å²) in [4.78, 5) is 38.6. The molecule has 0 spiro atoms. The Morgan fingerprint density at radius 3 is 2.50 bits per heavy atom. The highest BCUT2D eigenvalue weighted by Crippen LogP contribution is 2.29. The second-order valence-electron chi connectivity index (χ2n) is 6.24. The Morgan fingerprint density at radius 2 is 1.82 bits per heavy atom. The molecule has 7 nitrogen and oxygen atoms in total. The van der Waals surface area contributed by atoms with Crippen LogP contribution in [0.1, 0.15) is 56.4 Å². The van der Waals surface area contributed by atoms with Crippen LogP contribution in [0, 0.1) is 11.3 Å². The monoisotopic (exact) mass is 378 g/mol. The van der Waals surface area contributed by atoms with Gasteiger partial charge in [-0.1, -0.05) is 13.3 Å². The predicted octanol–water partition coefficient (Wildman–Crippen LogP) is 3.18. The highest BCUT2D eigenvalue weighted by Gasteiger charge is 2.35. The summed E-state index contributed by atoms with van der Waals surface area (Å²) < 4.78 is 10.5. The molecule has 0 aliphatic carbocycles. The molecule has 0 fully saturated rings. The molecule has 1 aliphatic heterocycles. The molecule has 0 saturated heterocycles. The molecule has 142 valence electrons. The molecule has 0 aromatic heterocycles. The molecule has 0 saturated carbocycles. The molecule has 1 heterocycles. The van der Waals surface area contributed by atoms with Gasteiger partial charge in [-0.15, -0.1) is 0 Å². The topological polar surface area (TPSA) is 96.7 Å². The number of fused-ring (bicyclic) bond motifs is 1. The Morgan fingerprint density at radius 1 is 1.07 bits per heavy atom. The molecule has 0 radical (unpaired) electrons. The summed E-state index contributed by atoms with van der Waals surface area (Å²) in [5.74, 6) is -1.05. The lowest BCUT2D eigenvalue weighted by Crippen LogP contribution is -2.30. The number of rotatable bonds is 6. The van der Waals surface area contributed by atoms with Gasteiger partial charge < -0.3 is 9.47 Å². The Kier molecular flexibility index (Phi) is 5.41. The van der Waals surface area contributed by atoms with Gasteiger partial charge in [0.05, 0.1) is 35.4 Å². The highest BCUT2D eigenvalue weighted by molar-refractivity contribution is 6.22. The van der Waals surface area contributed by atoms with Crippen LogP contribution in [0.5, 0.6) is 11.5 Å². The van der Waals surface area contributed by atoms with E-state index >= 15 is 0 Å². The Bertz CT molecular complexity index is 1010. The van der Waals surface area contributed by atoms with Crippen LogP contribution in [0.4, 0.5) is 0 Å². The number of amides is 2. The van der Waals surface area contributed by atoms with E-state index in [1.807, 2.05) is 13.0 Å². The molecule has 1 aliphatic rings. The molecular weight excluding hydrogens is 360 g/mol. The zero-order valence-corrected chi connectivity index (χ0v) is 15.5. The van der Waals surface area contributed by atoms with Crippen molar-refractivity contribution in [3.63, 3.8) is 0 Å². The maximum absolute atomic E-state index is 12.5. The van der Waals surface area contributed by atoms with Gasteiger partial charge in [0.1, 0.15) is 0 Å². The second kappa shape index (κ2) is 7.92.